The van der Waals surface area contributed by atoms with Crippen molar-refractivity contribution in [1.29, 1.82) is 0 Å². The highest BCUT2D eigenvalue weighted by atomic mass is 79.9. The third-order valence-corrected chi connectivity index (χ3v) is 4.80. The van der Waals surface area contributed by atoms with Gasteiger partial charge < -0.3 is 5.32 Å². The molecular formula is C15H13BrCl2FN. The fraction of sp³-hybridized carbons (Fsp3) is 0.200. The van der Waals surface area contributed by atoms with Crippen LogP contribution in [0, 0.1) is 5.82 Å². The molecule has 1 nitrogen and oxygen atoms in total. The largest absolute Gasteiger partial charge is 0.313 e. The van der Waals surface area contributed by atoms with E-state index in [-0.39, 0.29) is 11.1 Å². The van der Waals surface area contributed by atoms with Gasteiger partial charge in [0.05, 0.1) is 5.02 Å². The summed E-state index contributed by atoms with van der Waals surface area (Å²) < 4.78 is 14.8. The minimum absolute atomic E-state index is 0.0990. The first-order valence-electron chi connectivity index (χ1n) is 6.08. The van der Waals surface area contributed by atoms with Gasteiger partial charge in [0.25, 0.3) is 0 Å². The van der Waals surface area contributed by atoms with Crippen LogP contribution in [0.1, 0.15) is 17.2 Å². The first-order valence-corrected chi connectivity index (χ1v) is 7.63. The van der Waals surface area contributed by atoms with Gasteiger partial charge in [0.2, 0.25) is 0 Å². The lowest BCUT2D eigenvalue weighted by Crippen LogP contribution is -2.20. The van der Waals surface area contributed by atoms with Crippen LogP contribution in [0.15, 0.2) is 40.9 Å². The number of hydrogen-bond donors (Lipinski definition) is 1. The molecule has 0 bridgehead atoms. The van der Waals surface area contributed by atoms with Gasteiger partial charge in [0.15, 0.2) is 0 Å². The Morgan fingerprint density at radius 2 is 1.90 bits per heavy atom. The number of rotatable bonds is 4. The summed E-state index contributed by atoms with van der Waals surface area (Å²) in [6.07, 6.45) is 0.588. The molecule has 0 saturated heterocycles. The summed E-state index contributed by atoms with van der Waals surface area (Å²) in [5.41, 5.74) is 1.49. The number of likely N-dealkylation sites (N-methyl/N-ethyl adjacent to an activating group) is 1. The van der Waals surface area contributed by atoms with E-state index in [0.717, 1.165) is 5.56 Å². The molecule has 2 aromatic carbocycles. The first kappa shape index (κ1) is 15.8. The van der Waals surface area contributed by atoms with Crippen molar-refractivity contribution in [2.75, 3.05) is 7.05 Å². The van der Waals surface area contributed by atoms with Crippen molar-refractivity contribution in [3.05, 3.63) is 67.9 Å². The van der Waals surface area contributed by atoms with Gasteiger partial charge in [0, 0.05) is 21.1 Å². The second-order valence-corrected chi connectivity index (χ2v) is 6.04. The van der Waals surface area contributed by atoms with Gasteiger partial charge in [-0.25, -0.2) is 4.39 Å². The molecule has 2 aromatic rings. The molecule has 0 saturated carbocycles. The van der Waals surface area contributed by atoms with Gasteiger partial charge in [-0.05, 0) is 47.1 Å². The van der Waals surface area contributed by atoms with E-state index in [0.29, 0.717) is 21.5 Å². The molecule has 5 heteroatoms. The Kier molecular flexibility index (Phi) is 5.44. The molecule has 0 spiro atoms. The molecule has 1 unspecified atom stereocenters. The topological polar surface area (TPSA) is 12.0 Å². The molecule has 0 heterocycles. The summed E-state index contributed by atoms with van der Waals surface area (Å²) in [6.45, 7) is 0. The molecule has 2 rings (SSSR count). The maximum atomic E-state index is 14.3. The molecule has 0 fully saturated rings. The summed E-state index contributed by atoms with van der Waals surface area (Å²) in [7, 11) is 1.79. The van der Waals surface area contributed by atoms with Gasteiger partial charge in [-0.15, -0.1) is 0 Å². The van der Waals surface area contributed by atoms with Crippen molar-refractivity contribution >= 4 is 39.1 Å². The monoisotopic (exact) mass is 375 g/mol. The Morgan fingerprint density at radius 1 is 1.20 bits per heavy atom. The van der Waals surface area contributed by atoms with Crippen LogP contribution < -0.4 is 5.32 Å². The lowest BCUT2D eigenvalue weighted by Gasteiger charge is -2.19. The maximum Gasteiger partial charge on any atom is 0.147 e. The number of nitrogens with one attached hydrogen (secondary N) is 1. The maximum absolute atomic E-state index is 14.3. The Morgan fingerprint density at radius 3 is 2.55 bits per heavy atom. The van der Waals surface area contributed by atoms with Crippen LogP contribution in [0.3, 0.4) is 0 Å². The lowest BCUT2D eigenvalue weighted by molar-refractivity contribution is 0.534. The molecular weight excluding hydrogens is 364 g/mol. The normalized spacial score (nSPS) is 12.4. The minimum atomic E-state index is -0.410. The van der Waals surface area contributed by atoms with Crippen LogP contribution in [-0.4, -0.2) is 7.05 Å². The first-order chi connectivity index (χ1) is 9.54. The van der Waals surface area contributed by atoms with Crippen LogP contribution in [0.5, 0.6) is 0 Å². The van der Waals surface area contributed by atoms with Crippen LogP contribution in [0.25, 0.3) is 0 Å². The van der Waals surface area contributed by atoms with Crippen molar-refractivity contribution in [2.45, 2.75) is 12.5 Å². The van der Waals surface area contributed by atoms with Gasteiger partial charge in [0.1, 0.15) is 5.82 Å². The average molecular weight is 377 g/mol. The van der Waals surface area contributed by atoms with Crippen molar-refractivity contribution in [2.24, 2.45) is 0 Å². The van der Waals surface area contributed by atoms with Crippen LogP contribution in [0.2, 0.25) is 10.0 Å². The van der Waals surface area contributed by atoms with Crippen LogP contribution in [0.4, 0.5) is 4.39 Å². The van der Waals surface area contributed by atoms with Crippen LogP contribution in [-0.2, 0) is 6.42 Å². The van der Waals surface area contributed by atoms with Gasteiger partial charge in [-0.2, -0.15) is 0 Å². The van der Waals surface area contributed by atoms with Gasteiger partial charge in [-0.1, -0.05) is 47.5 Å². The zero-order chi connectivity index (χ0) is 14.7. The van der Waals surface area contributed by atoms with Gasteiger partial charge in [-0.3, -0.25) is 0 Å². The number of halogens is 4. The summed E-state index contributed by atoms with van der Waals surface area (Å²) in [5.74, 6) is -0.410. The third-order valence-electron chi connectivity index (χ3n) is 3.17. The molecule has 0 radical (unpaired) electrons. The molecule has 0 amide bonds. The standard InChI is InChI=1S/C15H13BrCl2FN/c1-20-13(8-9-4-2-3-5-12(9)17)10-6-7-11(16)14(18)15(10)19/h2-7,13,20H,8H2,1H3. The molecule has 0 aliphatic heterocycles. The van der Waals surface area contributed by atoms with Crippen molar-refractivity contribution < 1.29 is 4.39 Å². The summed E-state index contributed by atoms with van der Waals surface area (Å²) in [6, 6.07) is 10.8. The zero-order valence-corrected chi connectivity index (χ0v) is 13.9. The second kappa shape index (κ2) is 6.90. The molecule has 106 valence electrons. The predicted octanol–water partition coefficient (Wildman–Crippen LogP) is 5.40. The number of hydrogen-bond acceptors (Lipinski definition) is 1. The van der Waals surface area contributed by atoms with E-state index in [4.69, 9.17) is 23.2 Å². The molecule has 1 atom stereocenters. The van der Waals surface area contributed by atoms with E-state index >= 15 is 0 Å². The Hall–Kier alpha value is -0.610. The van der Waals surface area contributed by atoms with Gasteiger partial charge >= 0.3 is 0 Å². The average Bonchev–Trinajstić information content (AvgIpc) is 2.45. The van der Waals surface area contributed by atoms with Crippen molar-refractivity contribution in [3.8, 4) is 0 Å². The van der Waals surface area contributed by atoms with E-state index < -0.39 is 5.82 Å². The zero-order valence-electron chi connectivity index (χ0n) is 10.8. The fourth-order valence-corrected chi connectivity index (χ4v) is 2.75. The molecule has 1 N–H and O–H groups in total. The summed E-state index contributed by atoms with van der Waals surface area (Å²) >= 11 is 15.3. The highest BCUT2D eigenvalue weighted by molar-refractivity contribution is 9.10. The van der Waals surface area contributed by atoms with Crippen molar-refractivity contribution in [1.82, 2.24) is 5.32 Å². The minimum Gasteiger partial charge on any atom is -0.313 e. The van der Waals surface area contributed by atoms with Crippen molar-refractivity contribution in [3.63, 3.8) is 0 Å². The highest BCUT2D eigenvalue weighted by Gasteiger charge is 2.19. The van der Waals surface area contributed by atoms with E-state index in [1.54, 1.807) is 19.2 Å². The third kappa shape index (κ3) is 3.34. The SMILES string of the molecule is CNC(Cc1ccccc1Cl)c1ccc(Br)c(Cl)c1F. The Balaban J connectivity index is 2.34. The smallest absolute Gasteiger partial charge is 0.147 e. The Labute approximate surface area is 136 Å². The number of benzene rings is 2. The lowest BCUT2D eigenvalue weighted by atomic mass is 9.98. The molecule has 0 aliphatic carbocycles. The van der Waals surface area contributed by atoms with E-state index in [2.05, 4.69) is 21.2 Å². The molecule has 20 heavy (non-hydrogen) atoms. The highest BCUT2D eigenvalue weighted by Crippen LogP contribution is 2.32. The fourth-order valence-electron chi connectivity index (χ4n) is 2.06. The van der Waals surface area contributed by atoms with Crippen LogP contribution >= 0.6 is 39.1 Å². The predicted molar refractivity (Wildman–Crippen MR) is 86.1 cm³/mol. The molecule has 0 aromatic heterocycles. The quantitative estimate of drug-likeness (QED) is 0.704. The summed E-state index contributed by atoms with van der Waals surface area (Å²) in [4.78, 5) is 0. The Bertz CT molecular complexity index is 619. The summed E-state index contributed by atoms with van der Waals surface area (Å²) in [5, 5.41) is 3.89. The van der Waals surface area contributed by atoms with E-state index in [9.17, 15) is 4.39 Å². The molecule has 0 aliphatic rings. The van der Waals surface area contributed by atoms with E-state index in [1.807, 2.05) is 24.3 Å². The van der Waals surface area contributed by atoms with E-state index in [1.165, 1.54) is 0 Å². The second-order valence-electron chi connectivity index (χ2n) is 4.40.